The van der Waals surface area contributed by atoms with Gasteiger partial charge in [0.2, 0.25) is 0 Å². The van der Waals surface area contributed by atoms with Gasteiger partial charge in [0, 0.05) is 33.4 Å². The second-order valence-electron chi connectivity index (χ2n) is 7.87. The largest absolute Gasteiger partial charge is 0.289 e. The summed E-state index contributed by atoms with van der Waals surface area (Å²) in [6.45, 7) is 0. The maximum absolute atomic E-state index is 12.4. The fourth-order valence-corrected chi connectivity index (χ4v) is 3.35. The molecule has 0 radical (unpaired) electrons. The third kappa shape index (κ3) is 8.56. The molecular formula is C36H28O. The molecule has 1 heteroatoms. The SMILES string of the molecule is C.C(#Cc1ccccc1)c1ccccc1.O=C(c1ccccc1)c1cccc(C#Cc2ccccc2)c1. The maximum Gasteiger partial charge on any atom is 0.193 e. The molecule has 1 nitrogen and oxygen atoms in total. The van der Waals surface area contributed by atoms with Gasteiger partial charge in [0.15, 0.2) is 5.78 Å². The minimum Gasteiger partial charge on any atom is -0.289 e. The van der Waals surface area contributed by atoms with Crippen molar-refractivity contribution in [3.05, 3.63) is 179 Å². The molecular weight excluding hydrogens is 448 g/mol. The van der Waals surface area contributed by atoms with Gasteiger partial charge in [-0.25, -0.2) is 0 Å². The van der Waals surface area contributed by atoms with Crippen molar-refractivity contribution in [2.75, 3.05) is 0 Å². The van der Waals surface area contributed by atoms with Gasteiger partial charge in [-0.05, 0) is 48.5 Å². The van der Waals surface area contributed by atoms with Gasteiger partial charge in [-0.2, -0.15) is 0 Å². The minimum atomic E-state index is 0. The molecule has 0 aliphatic rings. The number of rotatable bonds is 2. The van der Waals surface area contributed by atoms with Crippen LogP contribution in [0.15, 0.2) is 146 Å². The average molecular weight is 477 g/mol. The molecule has 0 aliphatic heterocycles. The zero-order chi connectivity index (χ0) is 24.8. The minimum absolute atomic E-state index is 0. The van der Waals surface area contributed by atoms with E-state index in [1.165, 1.54) is 0 Å². The van der Waals surface area contributed by atoms with Crippen molar-refractivity contribution in [3.63, 3.8) is 0 Å². The van der Waals surface area contributed by atoms with Crippen molar-refractivity contribution < 1.29 is 4.79 Å². The van der Waals surface area contributed by atoms with Gasteiger partial charge >= 0.3 is 0 Å². The summed E-state index contributed by atoms with van der Waals surface area (Å²) >= 11 is 0. The second kappa shape index (κ2) is 14.3. The first kappa shape index (κ1) is 26.5. The Morgan fingerprint density at radius 3 is 1.14 bits per heavy atom. The molecule has 5 aromatic rings. The Morgan fingerprint density at radius 1 is 0.378 bits per heavy atom. The lowest BCUT2D eigenvalue weighted by molar-refractivity contribution is 0.103. The van der Waals surface area contributed by atoms with Gasteiger partial charge in [-0.3, -0.25) is 4.79 Å². The molecule has 0 saturated carbocycles. The molecule has 37 heavy (non-hydrogen) atoms. The van der Waals surface area contributed by atoms with Crippen molar-refractivity contribution in [3.8, 4) is 23.7 Å². The summed E-state index contributed by atoms with van der Waals surface area (Å²) < 4.78 is 0. The monoisotopic (exact) mass is 476 g/mol. The molecule has 0 aromatic heterocycles. The third-order valence-electron chi connectivity index (χ3n) is 5.18. The summed E-state index contributed by atoms with van der Waals surface area (Å²) in [6.07, 6.45) is 0. The molecule has 0 unspecified atom stereocenters. The Bertz CT molecular complexity index is 1470. The Balaban J connectivity index is 0.000000220. The molecule has 178 valence electrons. The lowest BCUT2D eigenvalue weighted by atomic mass is 10.0. The van der Waals surface area contributed by atoms with Gasteiger partial charge < -0.3 is 0 Å². The van der Waals surface area contributed by atoms with Gasteiger partial charge in [0.05, 0.1) is 0 Å². The van der Waals surface area contributed by atoms with E-state index in [1.807, 2.05) is 146 Å². The molecule has 0 aliphatic carbocycles. The molecule has 0 heterocycles. The van der Waals surface area contributed by atoms with E-state index in [-0.39, 0.29) is 13.2 Å². The van der Waals surface area contributed by atoms with Crippen molar-refractivity contribution >= 4 is 5.78 Å². The predicted molar refractivity (Wildman–Crippen MR) is 154 cm³/mol. The number of hydrogen-bond acceptors (Lipinski definition) is 1. The van der Waals surface area contributed by atoms with Gasteiger partial charge in [0.1, 0.15) is 0 Å². The molecule has 0 fully saturated rings. The zero-order valence-electron chi connectivity index (χ0n) is 19.8. The van der Waals surface area contributed by atoms with Crippen LogP contribution in [0.2, 0.25) is 0 Å². The van der Waals surface area contributed by atoms with E-state index in [9.17, 15) is 4.79 Å². The molecule has 0 N–H and O–H groups in total. The number of ketones is 1. The third-order valence-corrected chi connectivity index (χ3v) is 5.18. The topological polar surface area (TPSA) is 17.1 Å². The summed E-state index contributed by atoms with van der Waals surface area (Å²) in [4.78, 5) is 12.4. The Morgan fingerprint density at radius 2 is 0.703 bits per heavy atom. The predicted octanol–water partition coefficient (Wildman–Crippen LogP) is 8.04. The van der Waals surface area contributed by atoms with Gasteiger partial charge in [-0.15, -0.1) is 0 Å². The first-order valence-electron chi connectivity index (χ1n) is 11.7. The normalized spacial score (nSPS) is 9.08. The Kier molecular flexibility index (Phi) is 10.3. The molecule has 0 spiro atoms. The summed E-state index contributed by atoms with van der Waals surface area (Å²) in [5.41, 5.74) is 5.25. The highest BCUT2D eigenvalue weighted by Crippen LogP contribution is 2.11. The molecule has 0 bridgehead atoms. The van der Waals surface area contributed by atoms with Crippen LogP contribution in [0, 0.1) is 23.7 Å². The summed E-state index contributed by atoms with van der Waals surface area (Å²) in [6, 6.07) is 46.5. The first-order valence-corrected chi connectivity index (χ1v) is 11.7. The van der Waals surface area contributed by atoms with Crippen LogP contribution >= 0.6 is 0 Å². The van der Waals surface area contributed by atoms with E-state index in [0.29, 0.717) is 11.1 Å². The van der Waals surface area contributed by atoms with E-state index in [4.69, 9.17) is 0 Å². The summed E-state index contributed by atoms with van der Waals surface area (Å²) in [5.74, 6) is 12.5. The Hall–Kier alpha value is -5.11. The second-order valence-corrected chi connectivity index (χ2v) is 7.87. The van der Waals surface area contributed by atoms with Crippen LogP contribution in [0.3, 0.4) is 0 Å². The fourth-order valence-electron chi connectivity index (χ4n) is 3.35. The highest BCUT2D eigenvalue weighted by Gasteiger charge is 2.08. The van der Waals surface area contributed by atoms with Gasteiger partial charge in [0.25, 0.3) is 0 Å². The van der Waals surface area contributed by atoms with Crippen LogP contribution in [-0.2, 0) is 0 Å². The van der Waals surface area contributed by atoms with E-state index in [1.54, 1.807) is 0 Å². The molecule has 5 aromatic carbocycles. The molecule has 0 amide bonds. The maximum atomic E-state index is 12.4. The van der Waals surface area contributed by atoms with Crippen molar-refractivity contribution in [2.24, 2.45) is 0 Å². The number of carbonyl (C=O) groups is 1. The van der Waals surface area contributed by atoms with Crippen molar-refractivity contribution in [2.45, 2.75) is 7.43 Å². The summed E-state index contributed by atoms with van der Waals surface area (Å²) in [5, 5.41) is 0. The number of benzene rings is 5. The van der Waals surface area contributed by atoms with Crippen LogP contribution in [0.4, 0.5) is 0 Å². The highest BCUT2D eigenvalue weighted by molar-refractivity contribution is 6.09. The fraction of sp³-hybridized carbons (Fsp3) is 0.0278. The summed E-state index contributed by atoms with van der Waals surface area (Å²) in [7, 11) is 0. The molecule has 0 atom stereocenters. The van der Waals surface area contributed by atoms with Gasteiger partial charge in [-0.1, -0.05) is 128 Å². The molecule has 5 rings (SSSR count). The van der Waals surface area contributed by atoms with Crippen molar-refractivity contribution in [1.29, 1.82) is 0 Å². The van der Waals surface area contributed by atoms with Crippen LogP contribution in [-0.4, -0.2) is 5.78 Å². The average Bonchev–Trinajstić information content (AvgIpc) is 2.97. The number of hydrogen-bond donors (Lipinski definition) is 0. The zero-order valence-corrected chi connectivity index (χ0v) is 19.8. The standard InChI is InChI=1S/C21H14O.C14H10.CH4/c22-21(19-11-5-2-6-12-19)20-13-7-10-18(16-20)15-14-17-8-3-1-4-9-17;1-3-7-13(8-4-1)11-12-14-9-5-2-6-10-14;/h1-13,16H;1-10H;1H4. The van der Waals surface area contributed by atoms with Crippen LogP contribution < -0.4 is 0 Å². The van der Waals surface area contributed by atoms with E-state index in [2.05, 4.69) is 23.7 Å². The van der Waals surface area contributed by atoms with Crippen molar-refractivity contribution in [1.82, 2.24) is 0 Å². The lowest BCUT2D eigenvalue weighted by Crippen LogP contribution is -2.00. The molecule has 0 saturated heterocycles. The van der Waals surface area contributed by atoms with E-state index < -0.39 is 0 Å². The lowest BCUT2D eigenvalue weighted by Gasteiger charge is -2.01. The van der Waals surface area contributed by atoms with E-state index >= 15 is 0 Å². The number of carbonyl (C=O) groups excluding carboxylic acids is 1. The quantitative estimate of drug-likeness (QED) is 0.186. The van der Waals surface area contributed by atoms with E-state index in [0.717, 1.165) is 22.3 Å². The van der Waals surface area contributed by atoms with Crippen LogP contribution in [0.25, 0.3) is 0 Å². The highest BCUT2D eigenvalue weighted by atomic mass is 16.1. The van der Waals surface area contributed by atoms with Crippen LogP contribution in [0.5, 0.6) is 0 Å². The first-order chi connectivity index (χ1) is 17.8. The van der Waals surface area contributed by atoms with Crippen LogP contribution in [0.1, 0.15) is 45.6 Å². The Labute approximate surface area is 220 Å². The smallest absolute Gasteiger partial charge is 0.193 e.